The molecule has 8 nitrogen and oxygen atoms in total. The van der Waals surface area contributed by atoms with Crippen molar-refractivity contribution < 1.29 is 19.1 Å². The van der Waals surface area contributed by atoms with Crippen LogP contribution in [0.5, 0.6) is 5.75 Å². The van der Waals surface area contributed by atoms with Crippen LogP contribution in [0.1, 0.15) is 77.8 Å². The molecule has 1 fully saturated rings. The first kappa shape index (κ1) is 25.5. The molecule has 35 heavy (non-hydrogen) atoms. The third kappa shape index (κ3) is 5.17. The number of nitrogens with two attached hydrogens (primary N) is 1. The van der Waals surface area contributed by atoms with Crippen LogP contribution >= 0.6 is 0 Å². The van der Waals surface area contributed by atoms with Crippen LogP contribution in [0.25, 0.3) is 0 Å². The molecular formula is C27H40N4O4. The monoisotopic (exact) mass is 484 g/mol. The molecule has 0 aromatic heterocycles. The Morgan fingerprint density at radius 1 is 1.31 bits per heavy atom. The minimum atomic E-state index is -0.424. The fourth-order valence-electron chi connectivity index (χ4n) is 5.77. The Morgan fingerprint density at radius 3 is 2.69 bits per heavy atom. The van der Waals surface area contributed by atoms with Crippen molar-refractivity contribution in [3.05, 3.63) is 29.8 Å². The van der Waals surface area contributed by atoms with Gasteiger partial charge in [0.15, 0.2) is 5.96 Å². The van der Waals surface area contributed by atoms with Gasteiger partial charge in [-0.1, -0.05) is 32.0 Å². The molecule has 8 heteroatoms. The molecule has 0 radical (unpaired) electrons. The number of fused-ring (bicyclic) bond motifs is 1. The van der Waals surface area contributed by atoms with Crippen molar-refractivity contribution in [2.75, 3.05) is 13.7 Å². The van der Waals surface area contributed by atoms with E-state index in [0.29, 0.717) is 25.9 Å². The minimum Gasteiger partial charge on any atom is -0.487 e. The summed E-state index contributed by atoms with van der Waals surface area (Å²) in [7, 11) is 1.65. The molecule has 2 heterocycles. The van der Waals surface area contributed by atoms with Crippen LogP contribution in [0.2, 0.25) is 0 Å². The highest BCUT2D eigenvalue weighted by Gasteiger charge is 2.53. The largest absolute Gasteiger partial charge is 0.487 e. The van der Waals surface area contributed by atoms with Crippen molar-refractivity contribution in [2.45, 2.75) is 89.4 Å². The summed E-state index contributed by atoms with van der Waals surface area (Å²) in [5, 5.41) is 3.28. The fourth-order valence-corrected chi connectivity index (χ4v) is 5.77. The highest BCUT2D eigenvalue weighted by atomic mass is 16.5. The molecule has 0 saturated heterocycles. The van der Waals surface area contributed by atoms with E-state index in [1.54, 1.807) is 12.0 Å². The Balaban J connectivity index is 1.50. The van der Waals surface area contributed by atoms with Gasteiger partial charge in [-0.05, 0) is 51.5 Å². The van der Waals surface area contributed by atoms with Crippen LogP contribution < -0.4 is 15.8 Å². The van der Waals surface area contributed by atoms with Gasteiger partial charge < -0.3 is 20.5 Å². The summed E-state index contributed by atoms with van der Waals surface area (Å²) in [5.74, 6) is 0.968. The number of methoxy groups -OCH3 is 1. The summed E-state index contributed by atoms with van der Waals surface area (Å²) < 4.78 is 11.5. The fraction of sp³-hybridized carbons (Fsp3) is 0.667. The second kappa shape index (κ2) is 9.80. The number of rotatable bonds is 9. The molecule has 192 valence electrons. The molecule has 3 aliphatic rings. The second-order valence-electron chi connectivity index (χ2n) is 10.9. The third-order valence-electron chi connectivity index (χ3n) is 7.98. The van der Waals surface area contributed by atoms with E-state index in [4.69, 9.17) is 20.2 Å². The van der Waals surface area contributed by atoms with Gasteiger partial charge in [-0.25, -0.2) is 4.99 Å². The smallest absolute Gasteiger partial charge is 0.231 e. The highest BCUT2D eigenvalue weighted by molar-refractivity contribution is 5.99. The van der Waals surface area contributed by atoms with E-state index >= 15 is 0 Å². The predicted octanol–water partition coefficient (Wildman–Crippen LogP) is 3.55. The lowest BCUT2D eigenvalue weighted by Crippen LogP contribution is -2.56. The molecule has 4 rings (SSSR count). The van der Waals surface area contributed by atoms with Gasteiger partial charge in [0.1, 0.15) is 11.4 Å². The maximum atomic E-state index is 13.4. The molecule has 0 bridgehead atoms. The van der Waals surface area contributed by atoms with Gasteiger partial charge in [-0.3, -0.25) is 14.5 Å². The Labute approximate surface area is 208 Å². The first-order chi connectivity index (χ1) is 16.6. The zero-order valence-electron chi connectivity index (χ0n) is 21.7. The molecule has 1 saturated carbocycles. The number of benzene rings is 1. The Morgan fingerprint density at radius 2 is 2.03 bits per heavy atom. The summed E-state index contributed by atoms with van der Waals surface area (Å²) in [6.07, 6.45) is 3.92. The first-order valence-corrected chi connectivity index (χ1v) is 12.9. The second-order valence-corrected chi connectivity index (χ2v) is 10.9. The number of carbonyl (C=O) groups excluding carboxylic acids is 2. The number of hydrogen-bond acceptors (Lipinski definition) is 6. The average molecular weight is 485 g/mol. The molecule has 2 aliphatic heterocycles. The lowest BCUT2D eigenvalue weighted by Gasteiger charge is -2.40. The van der Waals surface area contributed by atoms with Crippen molar-refractivity contribution in [1.82, 2.24) is 10.2 Å². The molecule has 1 aromatic rings. The van der Waals surface area contributed by atoms with Crippen molar-refractivity contribution in [3.8, 4) is 5.75 Å². The van der Waals surface area contributed by atoms with E-state index in [-0.39, 0.29) is 47.3 Å². The summed E-state index contributed by atoms with van der Waals surface area (Å²) in [6.45, 7) is 8.66. The number of nitrogens with zero attached hydrogens (tertiary/aromatic N) is 2. The van der Waals surface area contributed by atoms with Gasteiger partial charge in [-0.15, -0.1) is 0 Å². The van der Waals surface area contributed by atoms with E-state index in [0.717, 1.165) is 30.6 Å². The van der Waals surface area contributed by atoms with Gasteiger partial charge in [0.05, 0.1) is 18.0 Å². The summed E-state index contributed by atoms with van der Waals surface area (Å²) in [4.78, 5) is 33.1. The van der Waals surface area contributed by atoms with Gasteiger partial charge in [0, 0.05) is 37.7 Å². The summed E-state index contributed by atoms with van der Waals surface area (Å²) in [6, 6.07) is 7.57. The lowest BCUT2D eigenvalue weighted by molar-refractivity contribution is -0.133. The van der Waals surface area contributed by atoms with Gasteiger partial charge in [-0.2, -0.15) is 0 Å². The zero-order valence-corrected chi connectivity index (χ0v) is 21.7. The van der Waals surface area contributed by atoms with Crippen molar-refractivity contribution in [3.63, 3.8) is 0 Å². The quantitative estimate of drug-likeness (QED) is 0.558. The van der Waals surface area contributed by atoms with Crippen LogP contribution in [0.15, 0.2) is 29.3 Å². The first-order valence-electron chi connectivity index (χ1n) is 12.9. The molecule has 1 unspecified atom stereocenters. The number of hydrogen-bond donors (Lipinski definition) is 2. The molecule has 1 aromatic carbocycles. The van der Waals surface area contributed by atoms with Gasteiger partial charge in [0.25, 0.3) is 0 Å². The van der Waals surface area contributed by atoms with Crippen LogP contribution in [-0.4, -0.2) is 53.6 Å². The van der Waals surface area contributed by atoms with Crippen molar-refractivity contribution >= 4 is 17.8 Å². The zero-order chi connectivity index (χ0) is 25.4. The summed E-state index contributed by atoms with van der Waals surface area (Å²) in [5.41, 5.74) is 6.60. The number of ether oxygens (including phenoxy) is 2. The standard InChI is InChI=1S/C27H40N4O4/c1-6-27(7-2)16-23(32)31(25(28)30-27)21(12-13-34-5)18-14-19(18)24(33)29-20-15-26(3,4)35-22-11-9-8-10-17(20)22/h8-11,18-21H,6-7,12-16H2,1-5H3,(H2,28,30)(H,29,33)/t18-,19-,20?,21-/m1/s1. The molecule has 0 spiro atoms. The van der Waals surface area contributed by atoms with E-state index < -0.39 is 5.54 Å². The molecule has 4 atom stereocenters. The average Bonchev–Trinajstić information content (AvgIpc) is 3.60. The van der Waals surface area contributed by atoms with Crippen LogP contribution in [0.4, 0.5) is 0 Å². The van der Waals surface area contributed by atoms with Gasteiger partial charge >= 0.3 is 0 Å². The number of carbonyl (C=O) groups is 2. The van der Waals surface area contributed by atoms with Crippen LogP contribution in [0, 0.1) is 11.8 Å². The van der Waals surface area contributed by atoms with E-state index in [1.807, 2.05) is 52.0 Å². The predicted molar refractivity (Wildman–Crippen MR) is 135 cm³/mol. The number of nitrogens with one attached hydrogen (secondary N) is 1. The molecular weight excluding hydrogens is 444 g/mol. The third-order valence-corrected chi connectivity index (χ3v) is 7.98. The van der Waals surface area contributed by atoms with E-state index in [9.17, 15) is 9.59 Å². The number of para-hydroxylation sites is 1. The lowest BCUT2D eigenvalue weighted by atomic mass is 9.87. The Bertz CT molecular complexity index is 987. The van der Waals surface area contributed by atoms with E-state index in [2.05, 4.69) is 5.32 Å². The van der Waals surface area contributed by atoms with Crippen molar-refractivity contribution in [2.24, 2.45) is 22.6 Å². The van der Waals surface area contributed by atoms with Crippen LogP contribution in [-0.2, 0) is 14.3 Å². The SMILES string of the molecule is CCC1(CC)CC(=O)N([C@H](CCOC)[C@@H]2C[C@H]2C(=O)NC2CC(C)(C)Oc3ccccc32)C(N)=N1. The number of amides is 2. The topological polar surface area (TPSA) is 106 Å². The maximum absolute atomic E-state index is 13.4. The van der Waals surface area contributed by atoms with E-state index in [1.165, 1.54) is 0 Å². The molecule has 3 N–H and O–H groups in total. The van der Waals surface area contributed by atoms with Crippen LogP contribution in [0.3, 0.4) is 0 Å². The minimum absolute atomic E-state index is 0.00605. The molecule has 1 aliphatic carbocycles. The van der Waals surface area contributed by atoms with Crippen molar-refractivity contribution in [1.29, 1.82) is 0 Å². The van der Waals surface area contributed by atoms with Gasteiger partial charge in [0.2, 0.25) is 11.8 Å². The highest BCUT2D eigenvalue weighted by Crippen LogP contribution is 2.47. The Kier molecular flexibility index (Phi) is 7.13. The summed E-state index contributed by atoms with van der Waals surface area (Å²) >= 11 is 0. The Hall–Kier alpha value is -2.61. The maximum Gasteiger partial charge on any atom is 0.231 e. The normalized spacial score (nSPS) is 27.3. The molecule has 2 amide bonds. The number of guanidine groups is 1. The number of aliphatic imine (C=N–C) groups is 1.